The maximum Gasteiger partial charge on any atom is 0.244 e. The van der Waals surface area contributed by atoms with Gasteiger partial charge in [-0.3, -0.25) is 0 Å². The molecule has 0 bridgehead atoms. The standard InChI is InChI=1S/C51H22BNS4/c53-23-24-17-31-47-43-33(21-41-45(47)27-11-3-7-15-39(27)54-41)50-29(25-9-1-5-13-37(25)56-50)19-35(43)52-36-20-30-26-10-2-6-14-38(26)57-51(30)34-22-42-46(28-12-4-8-16-40(28)55-42)48(44(34)36)32(18-24)49(31)52/h1-22H. The van der Waals surface area contributed by atoms with E-state index in [1.54, 1.807) is 0 Å². The van der Waals surface area contributed by atoms with Crippen molar-refractivity contribution in [2.45, 2.75) is 0 Å². The molecule has 0 atom stereocenters. The second kappa shape index (κ2) is 10.3. The molecule has 6 heteroatoms. The molecule has 0 saturated heterocycles. The van der Waals surface area contributed by atoms with E-state index in [0.29, 0.717) is 0 Å². The van der Waals surface area contributed by atoms with Gasteiger partial charge < -0.3 is 0 Å². The van der Waals surface area contributed by atoms with E-state index in [0.717, 1.165) is 5.56 Å². The lowest BCUT2D eigenvalue weighted by Gasteiger charge is -2.35. The summed E-state index contributed by atoms with van der Waals surface area (Å²) >= 11 is 7.63. The van der Waals surface area contributed by atoms with Crippen molar-refractivity contribution in [1.29, 1.82) is 5.26 Å². The third kappa shape index (κ3) is 3.54. The number of benzene rings is 9. The van der Waals surface area contributed by atoms with Crippen molar-refractivity contribution in [2.24, 2.45) is 0 Å². The Morgan fingerprint density at radius 3 is 1.26 bits per heavy atom. The van der Waals surface area contributed by atoms with Gasteiger partial charge in [0, 0.05) is 91.5 Å². The summed E-state index contributed by atoms with van der Waals surface area (Å²) in [6.07, 6.45) is 0. The summed E-state index contributed by atoms with van der Waals surface area (Å²) in [7, 11) is 0. The van der Waals surface area contributed by atoms with Gasteiger partial charge in [-0.05, 0) is 81.6 Å². The van der Waals surface area contributed by atoms with Gasteiger partial charge >= 0.3 is 0 Å². The zero-order valence-corrected chi connectivity index (χ0v) is 33.1. The molecular formula is C51H22BNS4. The van der Waals surface area contributed by atoms with Crippen LogP contribution in [0.3, 0.4) is 0 Å². The van der Waals surface area contributed by atoms with Gasteiger partial charge in [0.25, 0.3) is 0 Å². The molecule has 4 aromatic heterocycles. The zero-order valence-electron chi connectivity index (χ0n) is 29.9. The highest BCUT2D eigenvalue weighted by molar-refractivity contribution is 7.28. The predicted octanol–water partition coefficient (Wildman–Crippen LogP) is 13.8. The van der Waals surface area contributed by atoms with E-state index < -0.39 is 0 Å². The molecule has 2 aliphatic heterocycles. The highest BCUT2D eigenvalue weighted by Crippen LogP contribution is 2.53. The quantitative estimate of drug-likeness (QED) is 0.140. The van der Waals surface area contributed by atoms with Crippen LogP contribution in [-0.2, 0) is 0 Å². The van der Waals surface area contributed by atoms with Gasteiger partial charge in [-0.15, -0.1) is 45.3 Å². The van der Waals surface area contributed by atoms with Gasteiger partial charge in [0.15, 0.2) is 0 Å². The number of nitrogens with zero attached hydrogens (tertiary/aromatic N) is 1. The van der Waals surface area contributed by atoms with Gasteiger partial charge in [-0.2, -0.15) is 5.26 Å². The molecule has 0 aliphatic carbocycles. The maximum atomic E-state index is 10.9. The first-order valence-corrected chi connectivity index (χ1v) is 22.5. The molecule has 258 valence electrons. The lowest BCUT2D eigenvalue weighted by atomic mass is 9.30. The molecule has 0 fully saturated rings. The SMILES string of the molecule is N#Cc1cc2c3c(c1)-c1c4c(cc5c6ccccc6sc5c4cc4sc5ccccc5c14)B3c1cc3c4ccccc4sc3c3cc4sc5ccccc5c4c-2c13. The van der Waals surface area contributed by atoms with Crippen molar-refractivity contribution in [2.75, 3.05) is 0 Å². The van der Waals surface area contributed by atoms with Crippen LogP contribution in [0.5, 0.6) is 0 Å². The van der Waals surface area contributed by atoms with Gasteiger partial charge in [-0.1, -0.05) is 101 Å². The summed E-state index contributed by atoms with van der Waals surface area (Å²) in [5.74, 6) is 0. The van der Waals surface area contributed by atoms with Crippen molar-refractivity contribution in [3.05, 3.63) is 139 Å². The minimum atomic E-state index is -0.0106. The first-order valence-electron chi connectivity index (χ1n) is 19.2. The summed E-state index contributed by atoms with van der Waals surface area (Å²) < 4.78 is 10.6. The average molecular weight is 788 g/mol. The molecule has 57 heavy (non-hydrogen) atoms. The minimum absolute atomic E-state index is 0.0106. The molecule has 1 nitrogen and oxygen atoms in total. The number of rotatable bonds is 0. The molecule has 6 heterocycles. The Balaban J connectivity index is 1.26. The first-order chi connectivity index (χ1) is 28.2. The molecular weight excluding hydrogens is 766 g/mol. The molecule has 0 radical (unpaired) electrons. The van der Waals surface area contributed by atoms with Crippen molar-refractivity contribution in [3.63, 3.8) is 0 Å². The number of hydrogen-bond acceptors (Lipinski definition) is 5. The third-order valence-electron chi connectivity index (χ3n) is 13.0. The lowest BCUT2D eigenvalue weighted by Crippen LogP contribution is -2.57. The Kier molecular flexibility index (Phi) is 5.42. The van der Waals surface area contributed by atoms with Gasteiger partial charge in [0.05, 0.1) is 11.6 Å². The lowest BCUT2D eigenvalue weighted by molar-refractivity contribution is 1.49. The summed E-state index contributed by atoms with van der Waals surface area (Å²) in [4.78, 5) is 0. The highest BCUT2D eigenvalue weighted by Gasteiger charge is 2.42. The summed E-state index contributed by atoms with van der Waals surface area (Å²) in [6.45, 7) is -0.0106. The van der Waals surface area contributed by atoms with Crippen molar-refractivity contribution >= 4 is 171 Å². The van der Waals surface area contributed by atoms with Crippen LogP contribution in [0.25, 0.3) is 124 Å². The summed E-state index contributed by atoms with van der Waals surface area (Å²) in [5.41, 5.74) is 9.85. The largest absolute Gasteiger partial charge is 0.244 e. The van der Waals surface area contributed by atoms with Crippen LogP contribution < -0.4 is 16.4 Å². The van der Waals surface area contributed by atoms with Crippen molar-refractivity contribution in [3.8, 4) is 28.3 Å². The summed E-state index contributed by atoms with van der Waals surface area (Å²) in [5, 5.41) is 26.8. The molecule has 0 N–H and O–H groups in total. The van der Waals surface area contributed by atoms with Crippen molar-refractivity contribution in [1.82, 2.24) is 0 Å². The van der Waals surface area contributed by atoms with E-state index in [4.69, 9.17) is 0 Å². The molecule has 0 amide bonds. The first kappa shape index (κ1) is 30.1. The highest BCUT2D eigenvalue weighted by atomic mass is 32.1. The minimum Gasteiger partial charge on any atom is -0.192 e. The number of fused-ring (bicyclic) bond motifs is 20. The smallest absolute Gasteiger partial charge is 0.192 e. The molecule has 15 rings (SSSR count). The Labute approximate surface area is 340 Å². The molecule has 0 unspecified atom stereocenters. The van der Waals surface area contributed by atoms with E-state index in [1.807, 2.05) is 45.3 Å². The second-order valence-corrected chi connectivity index (χ2v) is 20.0. The van der Waals surface area contributed by atoms with Crippen LogP contribution in [0.4, 0.5) is 0 Å². The van der Waals surface area contributed by atoms with Crippen molar-refractivity contribution < 1.29 is 0 Å². The maximum absolute atomic E-state index is 10.9. The monoisotopic (exact) mass is 787 g/mol. The third-order valence-corrected chi connectivity index (χ3v) is 17.7. The number of nitriles is 1. The van der Waals surface area contributed by atoms with Gasteiger partial charge in [0.1, 0.15) is 0 Å². The van der Waals surface area contributed by atoms with Crippen LogP contribution in [0.15, 0.2) is 133 Å². The normalized spacial score (nSPS) is 13.2. The van der Waals surface area contributed by atoms with Crippen LogP contribution in [0.1, 0.15) is 5.56 Å². The number of thiophene rings is 4. The Morgan fingerprint density at radius 1 is 0.386 bits per heavy atom. The van der Waals surface area contributed by atoms with Gasteiger partial charge in [0.2, 0.25) is 6.71 Å². The van der Waals surface area contributed by atoms with Crippen LogP contribution in [0, 0.1) is 11.3 Å². The number of hydrogen-bond donors (Lipinski definition) is 0. The van der Waals surface area contributed by atoms with E-state index in [1.165, 1.54) is 141 Å². The second-order valence-electron chi connectivity index (χ2n) is 15.7. The molecule has 0 saturated carbocycles. The molecule has 9 aromatic carbocycles. The molecule has 2 aliphatic rings. The Morgan fingerprint density at radius 2 is 0.807 bits per heavy atom. The van der Waals surface area contributed by atoms with Gasteiger partial charge in [-0.25, -0.2) is 0 Å². The average Bonchev–Trinajstić information content (AvgIpc) is 4.02. The Bertz CT molecular complexity index is 3870. The van der Waals surface area contributed by atoms with Crippen LogP contribution in [-0.4, -0.2) is 6.71 Å². The van der Waals surface area contributed by atoms with E-state index >= 15 is 0 Å². The fourth-order valence-electron chi connectivity index (χ4n) is 10.9. The fraction of sp³-hybridized carbons (Fsp3) is 0. The van der Waals surface area contributed by atoms with Crippen LogP contribution in [0.2, 0.25) is 0 Å². The predicted molar refractivity (Wildman–Crippen MR) is 253 cm³/mol. The fourth-order valence-corrected chi connectivity index (χ4v) is 15.6. The molecule has 13 aromatic rings. The summed E-state index contributed by atoms with van der Waals surface area (Å²) in [6, 6.07) is 53.0. The molecule has 0 spiro atoms. The van der Waals surface area contributed by atoms with E-state index in [-0.39, 0.29) is 6.71 Å². The topological polar surface area (TPSA) is 23.8 Å². The van der Waals surface area contributed by atoms with Crippen LogP contribution >= 0.6 is 45.3 Å². The van der Waals surface area contributed by atoms with E-state index in [9.17, 15) is 5.26 Å². The Hall–Kier alpha value is -6.07. The zero-order chi connectivity index (χ0) is 36.8. The van der Waals surface area contributed by atoms with E-state index in [2.05, 4.69) is 140 Å².